The van der Waals surface area contributed by atoms with Crippen LogP contribution in [0.5, 0.6) is 5.75 Å². The van der Waals surface area contributed by atoms with Crippen molar-refractivity contribution in [3.05, 3.63) is 102 Å². The first kappa shape index (κ1) is 19.7. The molecule has 0 radical (unpaired) electrons. The maximum atomic E-state index is 12.9. The molecule has 1 fully saturated rings. The van der Waals surface area contributed by atoms with E-state index in [0.29, 0.717) is 11.3 Å². The van der Waals surface area contributed by atoms with E-state index in [1.807, 2.05) is 60.7 Å². The third kappa shape index (κ3) is 3.90. The molecule has 1 amide bonds. The first-order valence-electron chi connectivity index (χ1n) is 9.62. The maximum Gasteiger partial charge on any atom is 0.339 e. The average molecular weight is 402 g/mol. The van der Waals surface area contributed by atoms with Crippen molar-refractivity contribution in [3.8, 4) is 5.75 Å². The van der Waals surface area contributed by atoms with Crippen molar-refractivity contribution in [1.82, 2.24) is 5.32 Å². The summed E-state index contributed by atoms with van der Waals surface area (Å²) >= 11 is 0. The molecule has 1 aliphatic rings. The van der Waals surface area contributed by atoms with Gasteiger partial charge >= 0.3 is 5.97 Å². The third-order valence-electron chi connectivity index (χ3n) is 5.05. The number of benzene rings is 3. The zero-order valence-electron chi connectivity index (χ0n) is 16.4. The zero-order chi connectivity index (χ0) is 21.1. The van der Waals surface area contributed by atoms with Gasteiger partial charge in [0.2, 0.25) is 5.91 Å². The third-order valence-corrected chi connectivity index (χ3v) is 5.05. The molecule has 152 valence electrons. The number of amides is 1. The molecule has 1 heterocycles. The summed E-state index contributed by atoms with van der Waals surface area (Å²) in [5, 5.41) is 2.60. The van der Waals surface area contributed by atoms with Crippen LogP contribution in [-0.4, -0.2) is 23.6 Å². The number of carbonyl (C=O) groups excluding carboxylic acids is 2. The molecule has 0 unspecified atom stereocenters. The number of nitrogens with one attached hydrogen (secondary N) is 1. The lowest BCUT2D eigenvalue weighted by Crippen LogP contribution is -2.77. The van der Waals surface area contributed by atoms with Gasteiger partial charge in [0, 0.05) is 0 Å². The minimum atomic E-state index is -1.11. The van der Waals surface area contributed by atoms with E-state index in [1.54, 1.807) is 31.2 Å². The quantitative estimate of drug-likeness (QED) is 0.488. The molecule has 0 saturated carbocycles. The predicted octanol–water partition coefficient (Wildman–Crippen LogP) is 3.19. The van der Waals surface area contributed by atoms with Gasteiger partial charge in [-0.05, 0) is 36.2 Å². The standard InChI is InChI=1S/C24H22N2O4/c1-24(25)22(28)26-23(24)29-19-14-8-13-18(15-19)21(27)30-20(16-9-4-2-5-10-16)17-11-6-3-7-12-17/h2-15,20,23H,25H2,1H3,(H,26,28)/t23-,24+/m0/s1. The van der Waals surface area contributed by atoms with Crippen molar-refractivity contribution in [2.24, 2.45) is 5.73 Å². The highest BCUT2D eigenvalue weighted by Gasteiger charge is 2.50. The van der Waals surface area contributed by atoms with Crippen molar-refractivity contribution in [3.63, 3.8) is 0 Å². The Morgan fingerprint density at radius 2 is 1.57 bits per heavy atom. The first-order chi connectivity index (χ1) is 14.4. The Balaban J connectivity index is 1.54. The minimum Gasteiger partial charge on any atom is -0.468 e. The number of hydrogen-bond acceptors (Lipinski definition) is 5. The van der Waals surface area contributed by atoms with Crippen LogP contribution in [0.3, 0.4) is 0 Å². The van der Waals surface area contributed by atoms with Gasteiger partial charge in [0.05, 0.1) is 5.56 Å². The molecule has 4 rings (SSSR count). The Labute approximate surface area is 174 Å². The van der Waals surface area contributed by atoms with Crippen molar-refractivity contribution < 1.29 is 19.1 Å². The molecule has 0 spiro atoms. The van der Waals surface area contributed by atoms with E-state index in [9.17, 15) is 9.59 Å². The van der Waals surface area contributed by atoms with Gasteiger partial charge in [-0.15, -0.1) is 0 Å². The van der Waals surface area contributed by atoms with E-state index in [1.165, 1.54) is 0 Å². The van der Waals surface area contributed by atoms with E-state index in [2.05, 4.69) is 5.32 Å². The molecule has 1 saturated heterocycles. The highest BCUT2D eigenvalue weighted by molar-refractivity contribution is 5.93. The van der Waals surface area contributed by atoms with Gasteiger partial charge in [-0.25, -0.2) is 4.79 Å². The van der Waals surface area contributed by atoms with Gasteiger partial charge in [-0.3, -0.25) is 4.79 Å². The number of ether oxygens (including phenoxy) is 2. The molecule has 3 aromatic carbocycles. The fraction of sp³-hybridized carbons (Fsp3) is 0.167. The van der Waals surface area contributed by atoms with Crippen LogP contribution in [0.4, 0.5) is 0 Å². The SMILES string of the molecule is C[C@@]1(N)C(=O)N[C@H]1Oc1cccc(C(=O)OC(c2ccccc2)c2ccccc2)c1. The second kappa shape index (κ2) is 8.00. The van der Waals surface area contributed by atoms with E-state index in [4.69, 9.17) is 15.2 Å². The summed E-state index contributed by atoms with van der Waals surface area (Å²) in [5.74, 6) is -0.343. The summed E-state index contributed by atoms with van der Waals surface area (Å²) in [6.45, 7) is 1.60. The number of nitrogens with two attached hydrogens (primary N) is 1. The Hall–Kier alpha value is -3.64. The zero-order valence-corrected chi connectivity index (χ0v) is 16.4. The Kier molecular flexibility index (Phi) is 5.25. The topological polar surface area (TPSA) is 90.7 Å². The fourth-order valence-corrected chi connectivity index (χ4v) is 3.21. The van der Waals surface area contributed by atoms with Crippen molar-refractivity contribution >= 4 is 11.9 Å². The van der Waals surface area contributed by atoms with Gasteiger partial charge in [0.25, 0.3) is 0 Å². The van der Waals surface area contributed by atoms with Crippen LogP contribution in [0, 0.1) is 0 Å². The molecular formula is C24H22N2O4. The van der Waals surface area contributed by atoms with Crippen LogP contribution >= 0.6 is 0 Å². The molecule has 3 aromatic rings. The highest BCUT2D eigenvalue weighted by Crippen LogP contribution is 2.28. The molecule has 30 heavy (non-hydrogen) atoms. The Bertz CT molecular complexity index is 1010. The summed E-state index contributed by atoms with van der Waals surface area (Å²) in [6.07, 6.45) is -1.19. The molecule has 6 heteroatoms. The van der Waals surface area contributed by atoms with Gasteiger partial charge in [-0.2, -0.15) is 0 Å². The highest BCUT2D eigenvalue weighted by atomic mass is 16.5. The summed E-state index contributed by atoms with van der Waals surface area (Å²) in [5.41, 5.74) is 6.90. The predicted molar refractivity (Wildman–Crippen MR) is 112 cm³/mol. The van der Waals surface area contributed by atoms with Gasteiger partial charge in [0.15, 0.2) is 12.3 Å². The van der Waals surface area contributed by atoms with Crippen LogP contribution in [-0.2, 0) is 9.53 Å². The van der Waals surface area contributed by atoms with E-state index in [0.717, 1.165) is 11.1 Å². The minimum absolute atomic E-state index is 0.281. The monoisotopic (exact) mass is 402 g/mol. The molecule has 2 atom stereocenters. The summed E-state index contributed by atoms with van der Waals surface area (Å²) < 4.78 is 11.6. The van der Waals surface area contributed by atoms with Crippen LogP contribution in [0.15, 0.2) is 84.9 Å². The average Bonchev–Trinajstić information content (AvgIpc) is 2.78. The van der Waals surface area contributed by atoms with Crippen LogP contribution in [0.1, 0.15) is 34.5 Å². The first-order valence-corrected chi connectivity index (χ1v) is 9.62. The molecule has 0 aliphatic carbocycles. The van der Waals surface area contributed by atoms with Crippen LogP contribution in [0.2, 0.25) is 0 Å². The van der Waals surface area contributed by atoms with Gasteiger partial charge in [0.1, 0.15) is 11.3 Å². The van der Waals surface area contributed by atoms with Crippen molar-refractivity contribution in [1.29, 1.82) is 0 Å². The lowest BCUT2D eigenvalue weighted by atomic mass is 9.92. The number of β-lactam (4-membered cyclic amide) rings is 1. The lowest BCUT2D eigenvalue weighted by Gasteiger charge is -2.42. The summed E-state index contributed by atoms with van der Waals surface area (Å²) in [6, 6.07) is 25.8. The maximum absolute atomic E-state index is 12.9. The van der Waals surface area contributed by atoms with E-state index >= 15 is 0 Å². The second-order valence-corrected chi connectivity index (χ2v) is 7.39. The lowest BCUT2D eigenvalue weighted by molar-refractivity contribution is -0.146. The largest absolute Gasteiger partial charge is 0.468 e. The number of rotatable bonds is 6. The molecule has 1 aliphatic heterocycles. The molecule has 0 aromatic heterocycles. The fourth-order valence-electron chi connectivity index (χ4n) is 3.21. The number of carbonyl (C=O) groups is 2. The van der Waals surface area contributed by atoms with E-state index < -0.39 is 23.8 Å². The molecule has 3 N–H and O–H groups in total. The van der Waals surface area contributed by atoms with Crippen LogP contribution < -0.4 is 15.8 Å². The summed E-state index contributed by atoms with van der Waals surface area (Å²) in [4.78, 5) is 24.5. The second-order valence-electron chi connectivity index (χ2n) is 7.39. The summed E-state index contributed by atoms with van der Waals surface area (Å²) in [7, 11) is 0. The molecule has 6 nitrogen and oxygen atoms in total. The van der Waals surface area contributed by atoms with Gasteiger partial charge < -0.3 is 20.5 Å². The normalized spacial score (nSPS) is 20.2. The van der Waals surface area contributed by atoms with Crippen molar-refractivity contribution in [2.75, 3.05) is 0 Å². The Morgan fingerprint density at radius 3 is 2.10 bits per heavy atom. The van der Waals surface area contributed by atoms with E-state index in [-0.39, 0.29) is 5.91 Å². The number of esters is 1. The smallest absolute Gasteiger partial charge is 0.339 e. The van der Waals surface area contributed by atoms with Gasteiger partial charge in [-0.1, -0.05) is 66.7 Å². The van der Waals surface area contributed by atoms with Crippen LogP contribution in [0.25, 0.3) is 0 Å². The molecular weight excluding hydrogens is 380 g/mol. The van der Waals surface area contributed by atoms with Crippen molar-refractivity contribution in [2.45, 2.75) is 24.8 Å². The number of hydrogen-bond donors (Lipinski definition) is 2. The molecule has 0 bridgehead atoms. The Morgan fingerprint density at radius 1 is 0.967 bits per heavy atom.